The Kier molecular flexibility index (Phi) is 5.00. The molecule has 0 spiro atoms. The van der Waals surface area contributed by atoms with Crippen LogP contribution in [0.5, 0.6) is 0 Å². The minimum atomic E-state index is 1.17. The largest absolute Gasteiger partial charge is 0.0651 e. The molecule has 0 radical (unpaired) electrons. The predicted octanol–water partition coefficient (Wildman–Crippen LogP) is 5.88. The summed E-state index contributed by atoms with van der Waals surface area (Å²) in [7, 11) is 0. The lowest BCUT2D eigenvalue weighted by molar-refractivity contribution is 0.912. The van der Waals surface area contributed by atoms with Gasteiger partial charge in [-0.15, -0.1) is 0 Å². The average Bonchev–Trinajstić information content (AvgIpc) is 2.44. The number of hydrogen-bond donors (Lipinski definition) is 0. The number of benzene rings is 2. The summed E-state index contributed by atoms with van der Waals surface area (Å²) in [6.45, 7) is 8.92. The maximum atomic E-state index is 2.39. The molecule has 0 nitrogen and oxygen atoms in total. The molecule has 0 amide bonds. The maximum absolute atomic E-state index is 2.39. The molecule has 0 heteroatoms. The van der Waals surface area contributed by atoms with Gasteiger partial charge in [-0.2, -0.15) is 0 Å². The normalized spacial score (nSPS) is 10.8. The summed E-state index contributed by atoms with van der Waals surface area (Å²) >= 11 is 0. The van der Waals surface area contributed by atoms with Gasteiger partial charge in [-0.1, -0.05) is 63.1 Å². The van der Waals surface area contributed by atoms with Gasteiger partial charge in [-0.05, 0) is 60.1 Å². The zero-order chi connectivity index (χ0) is 14.5. The van der Waals surface area contributed by atoms with E-state index < -0.39 is 0 Å². The molecule has 20 heavy (non-hydrogen) atoms. The van der Waals surface area contributed by atoms with E-state index in [1.807, 2.05) is 0 Å². The molecule has 0 aromatic heterocycles. The van der Waals surface area contributed by atoms with Gasteiger partial charge in [0.05, 0.1) is 0 Å². The molecule has 106 valence electrons. The van der Waals surface area contributed by atoms with Crippen LogP contribution >= 0.6 is 0 Å². The van der Waals surface area contributed by atoms with Crippen molar-refractivity contribution in [3.05, 3.63) is 58.7 Å². The molecular weight excluding hydrogens is 240 g/mol. The fourth-order valence-corrected chi connectivity index (χ4v) is 2.80. The Hall–Kier alpha value is -1.56. The lowest BCUT2D eigenvalue weighted by Gasteiger charge is -2.12. The van der Waals surface area contributed by atoms with Crippen LogP contribution < -0.4 is 0 Å². The first-order valence-corrected chi connectivity index (χ1v) is 7.85. The van der Waals surface area contributed by atoms with E-state index in [0.717, 1.165) is 0 Å². The highest BCUT2D eigenvalue weighted by Crippen LogP contribution is 2.27. The molecule has 2 aromatic carbocycles. The standard InChI is InChI=1S/C20H26/c1-5-7-17-11-9-16(4)20(13-17)19-12-10-15(3)18(14-19)8-6-2/h9-14H,5-8H2,1-4H3. The van der Waals surface area contributed by atoms with Crippen LogP contribution in [0.3, 0.4) is 0 Å². The lowest BCUT2D eigenvalue weighted by atomic mass is 9.93. The quantitative estimate of drug-likeness (QED) is 0.634. The van der Waals surface area contributed by atoms with Gasteiger partial charge in [0.1, 0.15) is 0 Å². The van der Waals surface area contributed by atoms with Crippen LogP contribution in [-0.2, 0) is 12.8 Å². The first-order chi connectivity index (χ1) is 9.65. The van der Waals surface area contributed by atoms with Gasteiger partial charge in [0.2, 0.25) is 0 Å². The van der Waals surface area contributed by atoms with Crippen molar-refractivity contribution >= 4 is 0 Å². The molecule has 0 bridgehead atoms. The fraction of sp³-hybridized carbons (Fsp3) is 0.400. The second-order valence-electron chi connectivity index (χ2n) is 5.79. The molecule has 0 aliphatic carbocycles. The van der Waals surface area contributed by atoms with E-state index in [4.69, 9.17) is 0 Å². The van der Waals surface area contributed by atoms with Gasteiger partial charge in [0, 0.05) is 0 Å². The Morgan fingerprint density at radius 3 is 2.15 bits per heavy atom. The van der Waals surface area contributed by atoms with Crippen LogP contribution in [0.4, 0.5) is 0 Å². The Morgan fingerprint density at radius 2 is 1.45 bits per heavy atom. The van der Waals surface area contributed by atoms with Crippen LogP contribution in [-0.4, -0.2) is 0 Å². The minimum Gasteiger partial charge on any atom is -0.0651 e. The third-order valence-electron chi connectivity index (χ3n) is 4.02. The highest BCUT2D eigenvalue weighted by molar-refractivity contribution is 5.69. The van der Waals surface area contributed by atoms with E-state index in [1.165, 1.54) is 59.1 Å². The Labute approximate surface area is 123 Å². The average molecular weight is 266 g/mol. The molecular formula is C20H26. The first-order valence-electron chi connectivity index (χ1n) is 7.85. The SMILES string of the molecule is CCCc1ccc(C)c(-c2ccc(C)c(CCC)c2)c1. The summed E-state index contributed by atoms with van der Waals surface area (Å²) < 4.78 is 0. The smallest absolute Gasteiger partial charge is 0.0152 e. The minimum absolute atomic E-state index is 1.17. The van der Waals surface area contributed by atoms with E-state index in [9.17, 15) is 0 Å². The third-order valence-corrected chi connectivity index (χ3v) is 4.02. The summed E-state index contributed by atoms with van der Waals surface area (Å²) in [6, 6.07) is 13.8. The van der Waals surface area contributed by atoms with Crippen LogP contribution in [0.25, 0.3) is 11.1 Å². The van der Waals surface area contributed by atoms with Crippen molar-refractivity contribution in [2.45, 2.75) is 53.4 Å². The van der Waals surface area contributed by atoms with Crippen molar-refractivity contribution in [3.63, 3.8) is 0 Å². The zero-order valence-electron chi connectivity index (χ0n) is 13.3. The van der Waals surface area contributed by atoms with Gasteiger partial charge in [0.25, 0.3) is 0 Å². The third kappa shape index (κ3) is 3.30. The highest BCUT2D eigenvalue weighted by Gasteiger charge is 2.06. The predicted molar refractivity (Wildman–Crippen MR) is 89.3 cm³/mol. The molecule has 0 fully saturated rings. The van der Waals surface area contributed by atoms with Crippen LogP contribution in [0.1, 0.15) is 48.9 Å². The molecule has 0 aliphatic rings. The van der Waals surface area contributed by atoms with Gasteiger partial charge in [-0.3, -0.25) is 0 Å². The summed E-state index contributed by atoms with van der Waals surface area (Å²) in [5.41, 5.74) is 8.49. The number of aryl methyl sites for hydroxylation is 4. The molecule has 2 aromatic rings. The number of rotatable bonds is 5. The Bertz CT molecular complexity index is 579. The van der Waals surface area contributed by atoms with Gasteiger partial charge in [0.15, 0.2) is 0 Å². The topological polar surface area (TPSA) is 0 Å². The van der Waals surface area contributed by atoms with E-state index in [2.05, 4.69) is 64.1 Å². The molecule has 2 rings (SSSR count). The molecule has 0 saturated carbocycles. The molecule has 0 N–H and O–H groups in total. The van der Waals surface area contributed by atoms with Crippen LogP contribution in [0, 0.1) is 13.8 Å². The zero-order valence-corrected chi connectivity index (χ0v) is 13.3. The van der Waals surface area contributed by atoms with Crippen molar-refractivity contribution in [2.24, 2.45) is 0 Å². The molecule has 0 atom stereocenters. The van der Waals surface area contributed by atoms with Gasteiger partial charge in [-0.25, -0.2) is 0 Å². The van der Waals surface area contributed by atoms with Crippen LogP contribution in [0.2, 0.25) is 0 Å². The van der Waals surface area contributed by atoms with Crippen molar-refractivity contribution in [3.8, 4) is 11.1 Å². The van der Waals surface area contributed by atoms with E-state index >= 15 is 0 Å². The second-order valence-corrected chi connectivity index (χ2v) is 5.79. The van der Waals surface area contributed by atoms with Crippen molar-refractivity contribution < 1.29 is 0 Å². The van der Waals surface area contributed by atoms with E-state index in [-0.39, 0.29) is 0 Å². The monoisotopic (exact) mass is 266 g/mol. The van der Waals surface area contributed by atoms with Crippen molar-refractivity contribution in [1.29, 1.82) is 0 Å². The summed E-state index contributed by atoms with van der Waals surface area (Å²) in [5, 5.41) is 0. The van der Waals surface area contributed by atoms with Crippen LogP contribution in [0.15, 0.2) is 36.4 Å². The highest BCUT2D eigenvalue weighted by atomic mass is 14.1. The van der Waals surface area contributed by atoms with Crippen molar-refractivity contribution in [2.75, 3.05) is 0 Å². The fourth-order valence-electron chi connectivity index (χ4n) is 2.80. The molecule has 0 unspecified atom stereocenters. The molecule has 0 saturated heterocycles. The Balaban J connectivity index is 2.44. The second kappa shape index (κ2) is 6.74. The summed E-state index contributed by atoms with van der Waals surface area (Å²) in [6.07, 6.45) is 4.75. The molecule has 0 heterocycles. The van der Waals surface area contributed by atoms with Gasteiger partial charge < -0.3 is 0 Å². The maximum Gasteiger partial charge on any atom is -0.0152 e. The van der Waals surface area contributed by atoms with E-state index in [1.54, 1.807) is 0 Å². The van der Waals surface area contributed by atoms with E-state index in [0.29, 0.717) is 0 Å². The molecule has 0 aliphatic heterocycles. The summed E-state index contributed by atoms with van der Waals surface area (Å²) in [5.74, 6) is 0. The van der Waals surface area contributed by atoms with Crippen molar-refractivity contribution in [1.82, 2.24) is 0 Å². The lowest BCUT2D eigenvalue weighted by Crippen LogP contribution is -1.93. The van der Waals surface area contributed by atoms with Gasteiger partial charge >= 0.3 is 0 Å². The number of hydrogen-bond acceptors (Lipinski definition) is 0. The Morgan fingerprint density at radius 1 is 0.750 bits per heavy atom. The first kappa shape index (κ1) is 14.8. The summed E-state index contributed by atoms with van der Waals surface area (Å²) in [4.78, 5) is 0.